The van der Waals surface area contributed by atoms with Crippen LogP contribution >= 0.6 is 23.2 Å². The summed E-state index contributed by atoms with van der Waals surface area (Å²) in [6.07, 6.45) is 0.789. The standard InChI is InChI=1S/C17H18Cl2N2O3S/c1-3-8-20-17(22)14-10-13(6-4-11(14)2)25(23,24)21-16-9-12(18)5-7-15(16)19/h4-7,9-10,21H,3,8H2,1-2H3,(H,20,22). The first-order valence-electron chi connectivity index (χ1n) is 7.61. The number of benzene rings is 2. The fourth-order valence-electron chi connectivity index (χ4n) is 2.13. The highest BCUT2D eigenvalue weighted by molar-refractivity contribution is 7.92. The van der Waals surface area contributed by atoms with Crippen LogP contribution in [0.4, 0.5) is 5.69 Å². The van der Waals surface area contributed by atoms with E-state index in [9.17, 15) is 13.2 Å². The third-order valence-corrected chi connectivity index (χ3v) is 5.40. The molecule has 0 saturated carbocycles. The lowest BCUT2D eigenvalue weighted by Gasteiger charge is -2.12. The van der Waals surface area contributed by atoms with Crippen LogP contribution in [0.1, 0.15) is 29.3 Å². The van der Waals surface area contributed by atoms with Crippen molar-refractivity contribution in [2.24, 2.45) is 0 Å². The van der Waals surface area contributed by atoms with Gasteiger partial charge < -0.3 is 5.32 Å². The van der Waals surface area contributed by atoms with Gasteiger partial charge in [0, 0.05) is 17.1 Å². The Kier molecular flexibility index (Phi) is 6.32. The number of rotatable bonds is 6. The number of sulfonamides is 1. The van der Waals surface area contributed by atoms with Gasteiger partial charge in [0.25, 0.3) is 15.9 Å². The average Bonchev–Trinajstić information content (AvgIpc) is 2.56. The summed E-state index contributed by atoms with van der Waals surface area (Å²) in [5.41, 5.74) is 1.17. The molecule has 0 unspecified atom stereocenters. The van der Waals surface area contributed by atoms with Crippen LogP contribution in [0.3, 0.4) is 0 Å². The van der Waals surface area contributed by atoms with Gasteiger partial charge in [-0.15, -0.1) is 0 Å². The molecule has 2 aromatic carbocycles. The van der Waals surface area contributed by atoms with Crippen LogP contribution in [0.5, 0.6) is 0 Å². The van der Waals surface area contributed by atoms with E-state index in [0.717, 1.165) is 6.42 Å². The van der Waals surface area contributed by atoms with Gasteiger partial charge in [0.2, 0.25) is 0 Å². The summed E-state index contributed by atoms with van der Waals surface area (Å²) in [6.45, 7) is 4.21. The molecule has 5 nitrogen and oxygen atoms in total. The maximum atomic E-state index is 12.6. The van der Waals surface area contributed by atoms with Crippen molar-refractivity contribution in [2.75, 3.05) is 11.3 Å². The minimum absolute atomic E-state index is 0.0317. The molecule has 2 aromatic rings. The monoisotopic (exact) mass is 400 g/mol. The van der Waals surface area contributed by atoms with Crippen LogP contribution in [0.2, 0.25) is 10.0 Å². The largest absolute Gasteiger partial charge is 0.352 e. The second-order valence-electron chi connectivity index (χ2n) is 5.46. The average molecular weight is 401 g/mol. The van der Waals surface area contributed by atoms with E-state index in [4.69, 9.17) is 23.2 Å². The molecule has 0 bridgehead atoms. The summed E-state index contributed by atoms with van der Waals surface area (Å²) in [4.78, 5) is 12.2. The van der Waals surface area contributed by atoms with Crippen molar-refractivity contribution >= 4 is 44.8 Å². The predicted molar refractivity (Wildman–Crippen MR) is 101 cm³/mol. The summed E-state index contributed by atoms with van der Waals surface area (Å²) in [5, 5.41) is 3.32. The zero-order valence-electron chi connectivity index (χ0n) is 13.8. The molecule has 0 aliphatic rings. The van der Waals surface area contributed by atoms with Gasteiger partial charge in [-0.3, -0.25) is 9.52 Å². The number of anilines is 1. The van der Waals surface area contributed by atoms with Crippen molar-refractivity contribution < 1.29 is 13.2 Å². The molecule has 0 fully saturated rings. The van der Waals surface area contributed by atoms with E-state index in [1.54, 1.807) is 19.1 Å². The van der Waals surface area contributed by atoms with Crippen LogP contribution < -0.4 is 10.0 Å². The van der Waals surface area contributed by atoms with Gasteiger partial charge in [-0.25, -0.2) is 8.42 Å². The van der Waals surface area contributed by atoms with Crippen molar-refractivity contribution in [2.45, 2.75) is 25.2 Å². The zero-order valence-corrected chi connectivity index (χ0v) is 16.1. The first-order chi connectivity index (χ1) is 11.7. The van der Waals surface area contributed by atoms with Crippen LogP contribution in [0.15, 0.2) is 41.3 Å². The molecule has 8 heteroatoms. The van der Waals surface area contributed by atoms with Gasteiger partial charge in [-0.1, -0.05) is 36.2 Å². The minimum Gasteiger partial charge on any atom is -0.352 e. The molecule has 25 heavy (non-hydrogen) atoms. The molecule has 0 spiro atoms. The maximum Gasteiger partial charge on any atom is 0.261 e. The van der Waals surface area contributed by atoms with Crippen molar-refractivity contribution in [1.82, 2.24) is 5.32 Å². The van der Waals surface area contributed by atoms with E-state index in [0.29, 0.717) is 22.7 Å². The Morgan fingerprint density at radius 1 is 1.12 bits per heavy atom. The smallest absolute Gasteiger partial charge is 0.261 e. The van der Waals surface area contributed by atoms with E-state index in [1.165, 1.54) is 24.3 Å². The van der Waals surface area contributed by atoms with E-state index < -0.39 is 10.0 Å². The topological polar surface area (TPSA) is 75.3 Å². The SMILES string of the molecule is CCCNC(=O)c1cc(S(=O)(=O)Nc2cc(Cl)ccc2Cl)ccc1C. The second-order valence-corrected chi connectivity index (χ2v) is 7.99. The third kappa shape index (κ3) is 4.87. The van der Waals surface area contributed by atoms with Gasteiger partial charge in [0.15, 0.2) is 0 Å². The molecule has 0 saturated heterocycles. The summed E-state index contributed by atoms with van der Waals surface area (Å²) in [5.74, 6) is -0.308. The Morgan fingerprint density at radius 3 is 2.52 bits per heavy atom. The van der Waals surface area contributed by atoms with Crippen molar-refractivity contribution in [3.8, 4) is 0 Å². The lowest BCUT2D eigenvalue weighted by Crippen LogP contribution is -2.25. The molecule has 1 amide bonds. The normalized spacial score (nSPS) is 11.2. The molecule has 134 valence electrons. The first kappa shape index (κ1) is 19.6. The van der Waals surface area contributed by atoms with Gasteiger partial charge in [-0.05, 0) is 49.2 Å². The lowest BCUT2D eigenvalue weighted by molar-refractivity contribution is 0.0953. The Labute approximate surface area is 157 Å². The summed E-state index contributed by atoms with van der Waals surface area (Å²) >= 11 is 11.9. The molecule has 0 aromatic heterocycles. The van der Waals surface area contributed by atoms with Gasteiger partial charge in [0.05, 0.1) is 15.6 Å². The predicted octanol–water partition coefficient (Wildman–Crippen LogP) is 4.24. The molecular weight excluding hydrogens is 383 g/mol. The highest BCUT2D eigenvalue weighted by atomic mass is 35.5. The molecular formula is C17H18Cl2N2O3S. The molecule has 0 heterocycles. The summed E-state index contributed by atoms with van der Waals surface area (Å²) in [6, 6.07) is 8.86. The van der Waals surface area contributed by atoms with Gasteiger partial charge >= 0.3 is 0 Å². The van der Waals surface area contributed by atoms with Crippen LogP contribution in [-0.4, -0.2) is 20.9 Å². The Bertz CT molecular complexity index is 899. The number of halogens is 2. The Balaban J connectivity index is 2.36. The third-order valence-electron chi connectivity index (χ3n) is 3.47. The van der Waals surface area contributed by atoms with Crippen LogP contribution in [0.25, 0.3) is 0 Å². The number of carbonyl (C=O) groups is 1. The Hall–Kier alpha value is -1.76. The number of hydrogen-bond donors (Lipinski definition) is 2. The number of hydrogen-bond acceptors (Lipinski definition) is 3. The van der Waals surface area contributed by atoms with Crippen molar-refractivity contribution in [3.63, 3.8) is 0 Å². The second kappa shape index (κ2) is 8.08. The summed E-state index contributed by atoms with van der Waals surface area (Å²) < 4.78 is 27.6. The number of nitrogens with one attached hydrogen (secondary N) is 2. The van der Waals surface area contributed by atoms with Crippen LogP contribution in [0, 0.1) is 6.92 Å². The summed E-state index contributed by atoms with van der Waals surface area (Å²) in [7, 11) is -3.92. The van der Waals surface area contributed by atoms with E-state index in [2.05, 4.69) is 10.0 Å². The molecule has 2 N–H and O–H groups in total. The highest BCUT2D eigenvalue weighted by Gasteiger charge is 2.19. The minimum atomic E-state index is -3.92. The maximum absolute atomic E-state index is 12.6. The molecule has 0 radical (unpaired) electrons. The lowest BCUT2D eigenvalue weighted by atomic mass is 10.1. The van der Waals surface area contributed by atoms with Gasteiger partial charge in [0.1, 0.15) is 0 Å². The van der Waals surface area contributed by atoms with E-state index >= 15 is 0 Å². The van der Waals surface area contributed by atoms with E-state index in [1.807, 2.05) is 6.92 Å². The Morgan fingerprint density at radius 2 is 1.84 bits per heavy atom. The highest BCUT2D eigenvalue weighted by Crippen LogP contribution is 2.28. The number of aryl methyl sites for hydroxylation is 1. The van der Waals surface area contributed by atoms with E-state index in [-0.39, 0.29) is 21.5 Å². The fourth-order valence-corrected chi connectivity index (χ4v) is 3.62. The number of carbonyl (C=O) groups excluding carboxylic acids is 1. The molecule has 2 rings (SSSR count). The number of amides is 1. The molecule has 0 aliphatic heterocycles. The van der Waals surface area contributed by atoms with Crippen molar-refractivity contribution in [3.05, 3.63) is 57.6 Å². The molecule has 0 atom stereocenters. The molecule has 0 aliphatic carbocycles. The zero-order chi connectivity index (χ0) is 18.6. The van der Waals surface area contributed by atoms with Gasteiger partial charge in [-0.2, -0.15) is 0 Å². The first-order valence-corrected chi connectivity index (χ1v) is 9.85. The van der Waals surface area contributed by atoms with Crippen molar-refractivity contribution in [1.29, 1.82) is 0 Å². The fraction of sp³-hybridized carbons (Fsp3) is 0.235. The quantitative estimate of drug-likeness (QED) is 0.760. The van der Waals surface area contributed by atoms with Crippen LogP contribution in [-0.2, 0) is 10.0 Å².